The molecule has 0 unspecified atom stereocenters. The number of hydrogen-bond acceptors (Lipinski definition) is 5. The van der Waals surface area contributed by atoms with Gasteiger partial charge in [-0.1, -0.05) is 23.7 Å². The minimum absolute atomic E-state index is 0.0378. The van der Waals surface area contributed by atoms with Crippen LogP contribution in [0.15, 0.2) is 41.3 Å². The van der Waals surface area contributed by atoms with Crippen LogP contribution >= 0.6 is 11.6 Å². The van der Waals surface area contributed by atoms with Gasteiger partial charge in [0.15, 0.2) is 5.78 Å². The Labute approximate surface area is 145 Å². The Morgan fingerprint density at radius 2 is 1.75 bits per heavy atom. The first-order valence-corrected chi connectivity index (χ1v) is 8.70. The van der Waals surface area contributed by atoms with Gasteiger partial charge in [0.05, 0.1) is 29.8 Å². The number of carbonyl (C=O) groups is 1. The zero-order valence-corrected chi connectivity index (χ0v) is 14.9. The lowest BCUT2D eigenvalue weighted by molar-refractivity contribution is 0.101. The number of benzene rings is 2. The van der Waals surface area contributed by atoms with Crippen molar-refractivity contribution in [2.24, 2.45) is 0 Å². The summed E-state index contributed by atoms with van der Waals surface area (Å²) in [6.07, 6.45) is 0. The fraction of sp³-hybridized carbons (Fsp3) is 0.188. The summed E-state index contributed by atoms with van der Waals surface area (Å²) in [5.41, 5.74) is 0.467. The summed E-state index contributed by atoms with van der Waals surface area (Å²) in [6.45, 7) is 1.37. The molecular weight excluding hydrogens is 354 g/mol. The summed E-state index contributed by atoms with van der Waals surface area (Å²) in [6, 6.07) is 8.63. The molecule has 2 rings (SSSR count). The van der Waals surface area contributed by atoms with E-state index in [1.807, 2.05) is 0 Å². The monoisotopic (exact) mass is 369 g/mol. The predicted molar refractivity (Wildman–Crippen MR) is 91.8 cm³/mol. The fourth-order valence-corrected chi connectivity index (χ4v) is 3.37. The number of methoxy groups -OCH3 is 2. The number of rotatable bonds is 6. The van der Waals surface area contributed by atoms with E-state index < -0.39 is 10.0 Å². The Bertz CT molecular complexity index is 880. The first kappa shape index (κ1) is 18.1. The van der Waals surface area contributed by atoms with Gasteiger partial charge in [-0.2, -0.15) is 0 Å². The van der Waals surface area contributed by atoms with Crippen molar-refractivity contribution in [3.05, 3.63) is 47.0 Å². The number of carbonyl (C=O) groups excluding carboxylic acids is 1. The molecule has 0 saturated carbocycles. The fourth-order valence-electron chi connectivity index (χ4n) is 2.03. The number of sulfonamides is 1. The van der Waals surface area contributed by atoms with E-state index in [0.29, 0.717) is 11.3 Å². The second-order valence-electron chi connectivity index (χ2n) is 4.88. The summed E-state index contributed by atoms with van der Waals surface area (Å²) in [7, 11) is -1.08. The molecule has 0 heterocycles. The maximum absolute atomic E-state index is 12.6. The second kappa shape index (κ2) is 7.11. The molecular formula is C16H16ClNO5S. The van der Waals surface area contributed by atoms with Crippen LogP contribution in [0.3, 0.4) is 0 Å². The molecule has 6 nitrogen and oxygen atoms in total. The van der Waals surface area contributed by atoms with E-state index in [2.05, 4.69) is 4.72 Å². The van der Waals surface area contributed by atoms with Crippen molar-refractivity contribution < 1.29 is 22.7 Å². The lowest BCUT2D eigenvalue weighted by Gasteiger charge is -2.14. The summed E-state index contributed by atoms with van der Waals surface area (Å²) < 4.78 is 37.8. The number of halogens is 1. The molecule has 0 fully saturated rings. The van der Waals surface area contributed by atoms with Crippen molar-refractivity contribution in [3.63, 3.8) is 0 Å². The molecule has 0 aliphatic carbocycles. The highest BCUT2D eigenvalue weighted by Gasteiger charge is 2.19. The minimum atomic E-state index is -3.92. The van der Waals surface area contributed by atoms with Crippen molar-refractivity contribution in [3.8, 4) is 11.5 Å². The average Bonchev–Trinajstić information content (AvgIpc) is 2.55. The number of Topliss-reactive ketones (excluding diaryl/α,β-unsaturated/α-hetero) is 1. The highest BCUT2D eigenvalue weighted by molar-refractivity contribution is 7.92. The zero-order chi connectivity index (χ0) is 17.9. The highest BCUT2D eigenvalue weighted by atomic mass is 35.5. The van der Waals surface area contributed by atoms with Crippen LogP contribution in [0.25, 0.3) is 0 Å². The Morgan fingerprint density at radius 1 is 1.08 bits per heavy atom. The molecule has 0 spiro atoms. The van der Waals surface area contributed by atoms with Gasteiger partial charge in [0.1, 0.15) is 11.5 Å². The standard InChI is InChI=1S/C16H16ClNO5S/c1-10(19)11-5-4-6-12(7-11)24(20,21)18-14-8-13(17)15(22-2)9-16(14)23-3/h4-9,18H,1-3H3. The summed E-state index contributed by atoms with van der Waals surface area (Å²) in [4.78, 5) is 11.4. The molecule has 2 aromatic carbocycles. The number of hydrogen-bond donors (Lipinski definition) is 1. The summed E-state index contributed by atoms with van der Waals surface area (Å²) in [5, 5.41) is 0.230. The third-order valence-corrected chi connectivity index (χ3v) is 4.93. The number of ketones is 1. The van der Waals surface area contributed by atoms with Crippen LogP contribution in [0.5, 0.6) is 11.5 Å². The van der Waals surface area contributed by atoms with E-state index in [1.54, 1.807) is 6.07 Å². The van der Waals surface area contributed by atoms with Gasteiger partial charge in [0.2, 0.25) is 0 Å². The molecule has 0 aromatic heterocycles. The smallest absolute Gasteiger partial charge is 0.262 e. The van der Waals surface area contributed by atoms with E-state index in [4.69, 9.17) is 21.1 Å². The Kier molecular flexibility index (Phi) is 5.36. The average molecular weight is 370 g/mol. The molecule has 2 aromatic rings. The third-order valence-electron chi connectivity index (χ3n) is 3.27. The van der Waals surface area contributed by atoms with Gasteiger partial charge in [-0.15, -0.1) is 0 Å². The topological polar surface area (TPSA) is 81.7 Å². The molecule has 0 radical (unpaired) electrons. The van der Waals surface area contributed by atoms with Crippen LogP contribution in [-0.2, 0) is 10.0 Å². The maximum atomic E-state index is 12.6. The van der Waals surface area contributed by atoms with Crippen LogP contribution in [0.1, 0.15) is 17.3 Å². The largest absolute Gasteiger partial charge is 0.495 e. The van der Waals surface area contributed by atoms with Crippen molar-refractivity contribution >= 4 is 33.1 Å². The number of anilines is 1. The lowest BCUT2D eigenvalue weighted by Crippen LogP contribution is -2.14. The van der Waals surface area contributed by atoms with Crippen molar-refractivity contribution in [2.75, 3.05) is 18.9 Å². The molecule has 0 saturated heterocycles. The van der Waals surface area contributed by atoms with Gasteiger partial charge in [-0.25, -0.2) is 8.42 Å². The molecule has 24 heavy (non-hydrogen) atoms. The van der Waals surface area contributed by atoms with Crippen LogP contribution < -0.4 is 14.2 Å². The van der Waals surface area contributed by atoms with Gasteiger partial charge in [-0.3, -0.25) is 9.52 Å². The minimum Gasteiger partial charge on any atom is -0.495 e. The van der Waals surface area contributed by atoms with Crippen LogP contribution in [0, 0.1) is 0 Å². The quantitative estimate of drug-likeness (QED) is 0.789. The SMILES string of the molecule is COc1cc(OC)c(NS(=O)(=O)c2cccc(C(C)=O)c2)cc1Cl. The van der Waals surface area contributed by atoms with Gasteiger partial charge in [0, 0.05) is 11.6 Å². The molecule has 0 aliphatic rings. The van der Waals surface area contributed by atoms with Crippen LogP contribution in [-0.4, -0.2) is 28.4 Å². The molecule has 0 bridgehead atoms. The Hall–Kier alpha value is -2.25. The zero-order valence-electron chi connectivity index (χ0n) is 13.3. The summed E-state index contributed by atoms with van der Waals surface area (Å²) in [5.74, 6) is 0.384. The molecule has 1 N–H and O–H groups in total. The van der Waals surface area contributed by atoms with Crippen molar-refractivity contribution in [1.29, 1.82) is 0 Å². The van der Waals surface area contributed by atoms with E-state index >= 15 is 0 Å². The van der Waals surface area contributed by atoms with E-state index in [0.717, 1.165) is 0 Å². The predicted octanol–water partition coefficient (Wildman–Crippen LogP) is 3.36. The second-order valence-corrected chi connectivity index (χ2v) is 6.97. The third kappa shape index (κ3) is 3.80. The normalized spacial score (nSPS) is 11.0. The molecule has 0 atom stereocenters. The highest BCUT2D eigenvalue weighted by Crippen LogP contribution is 2.36. The number of nitrogens with one attached hydrogen (secondary N) is 1. The van der Waals surface area contributed by atoms with Gasteiger partial charge < -0.3 is 9.47 Å². The van der Waals surface area contributed by atoms with Crippen molar-refractivity contribution in [1.82, 2.24) is 0 Å². The first-order chi connectivity index (χ1) is 11.3. The Morgan fingerprint density at radius 3 is 2.33 bits per heavy atom. The molecule has 128 valence electrons. The Balaban J connectivity index is 2.44. The van der Waals surface area contributed by atoms with Crippen LogP contribution in [0.2, 0.25) is 5.02 Å². The van der Waals surface area contributed by atoms with E-state index in [9.17, 15) is 13.2 Å². The molecule has 0 amide bonds. The lowest BCUT2D eigenvalue weighted by atomic mass is 10.2. The van der Waals surface area contributed by atoms with E-state index in [-0.39, 0.29) is 27.1 Å². The molecule has 0 aliphatic heterocycles. The first-order valence-electron chi connectivity index (χ1n) is 6.84. The number of ether oxygens (including phenoxy) is 2. The van der Waals surface area contributed by atoms with Gasteiger partial charge >= 0.3 is 0 Å². The van der Waals surface area contributed by atoms with Gasteiger partial charge in [-0.05, 0) is 25.1 Å². The van der Waals surface area contributed by atoms with E-state index in [1.165, 1.54) is 51.5 Å². The van der Waals surface area contributed by atoms with Gasteiger partial charge in [0.25, 0.3) is 10.0 Å². The maximum Gasteiger partial charge on any atom is 0.262 e. The summed E-state index contributed by atoms with van der Waals surface area (Å²) >= 11 is 6.04. The van der Waals surface area contributed by atoms with Crippen molar-refractivity contribution in [2.45, 2.75) is 11.8 Å². The van der Waals surface area contributed by atoms with Crippen LogP contribution in [0.4, 0.5) is 5.69 Å². The molecule has 8 heteroatoms.